The Morgan fingerprint density at radius 1 is 1.44 bits per heavy atom. The monoisotopic (exact) mass is 344 g/mol. The van der Waals surface area contributed by atoms with Crippen LogP contribution in [0.5, 0.6) is 5.75 Å². The summed E-state index contributed by atoms with van der Waals surface area (Å²) >= 11 is 0. The van der Waals surface area contributed by atoms with Gasteiger partial charge in [-0.25, -0.2) is 4.39 Å². The molecule has 0 aliphatic carbocycles. The average molecular weight is 344 g/mol. The number of hydrogen-bond acceptors (Lipinski definition) is 4. The second kappa shape index (κ2) is 6.21. The molecule has 4 rings (SSSR count). The fraction of sp³-hybridized carbons (Fsp3) is 0.294. The molecule has 0 bridgehead atoms. The zero-order valence-electron chi connectivity index (χ0n) is 13.5. The van der Waals surface area contributed by atoms with E-state index >= 15 is 0 Å². The molecule has 1 fully saturated rings. The van der Waals surface area contributed by atoms with Gasteiger partial charge in [0, 0.05) is 18.0 Å². The summed E-state index contributed by atoms with van der Waals surface area (Å²) in [6.45, 7) is 0.753. The lowest BCUT2D eigenvalue weighted by Gasteiger charge is -2.19. The molecule has 1 aromatic carbocycles. The number of nitrogens with one attached hydrogen (secondary N) is 2. The van der Waals surface area contributed by atoms with Crippen molar-refractivity contribution in [1.29, 1.82) is 0 Å². The minimum absolute atomic E-state index is 0.282. The van der Waals surface area contributed by atoms with Crippen molar-refractivity contribution >= 4 is 16.8 Å². The van der Waals surface area contributed by atoms with Crippen LogP contribution in [0.4, 0.5) is 4.39 Å². The number of ether oxygens (including phenoxy) is 2. The van der Waals surface area contributed by atoms with E-state index in [0.29, 0.717) is 35.6 Å². The van der Waals surface area contributed by atoms with Gasteiger partial charge in [0.25, 0.3) is 5.91 Å². The predicted octanol–water partition coefficient (Wildman–Crippen LogP) is 1.62. The number of amides is 1. The van der Waals surface area contributed by atoms with E-state index in [1.807, 2.05) is 0 Å². The summed E-state index contributed by atoms with van der Waals surface area (Å²) in [5.41, 5.74) is 1.07. The van der Waals surface area contributed by atoms with E-state index in [0.717, 1.165) is 0 Å². The minimum atomic E-state index is -0.340. The molecule has 2 atom stereocenters. The molecule has 1 aliphatic rings. The standard InChI is InChI=1S/C17H17FN4O3/c1-22-7-12(6-19-22)25-16-9-24-8-15(16)21-17(23)14-5-10-4-11(18)2-3-13(10)20-14/h2-7,15-16,20H,8-9H2,1H3,(H,21,23)/t15-,16+/m0/s1. The van der Waals surface area contributed by atoms with Crippen molar-refractivity contribution in [3.8, 4) is 5.75 Å². The lowest BCUT2D eigenvalue weighted by molar-refractivity contribution is 0.0900. The van der Waals surface area contributed by atoms with Crippen molar-refractivity contribution < 1.29 is 18.7 Å². The Labute approximate surface area is 142 Å². The number of H-pyrrole nitrogens is 1. The van der Waals surface area contributed by atoms with Gasteiger partial charge in [-0.1, -0.05) is 0 Å². The first-order valence-electron chi connectivity index (χ1n) is 7.91. The number of aromatic amines is 1. The highest BCUT2D eigenvalue weighted by Crippen LogP contribution is 2.19. The quantitative estimate of drug-likeness (QED) is 0.754. The van der Waals surface area contributed by atoms with Crippen molar-refractivity contribution in [2.24, 2.45) is 7.05 Å². The maximum absolute atomic E-state index is 13.3. The van der Waals surface area contributed by atoms with Crippen molar-refractivity contribution in [1.82, 2.24) is 20.1 Å². The molecule has 3 heterocycles. The fourth-order valence-electron chi connectivity index (χ4n) is 2.89. The Morgan fingerprint density at radius 3 is 3.12 bits per heavy atom. The van der Waals surface area contributed by atoms with Gasteiger partial charge in [-0.05, 0) is 24.3 Å². The van der Waals surface area contributed by atoms with E-state index in [-0.39, 0.29) is 23.9 Å². The number of aryl methyl sites for hydroxylation is 1. The van der Waals surface area contributed by atoms with Crippen LogP contribution in [0.25, 0.3) is 10.9 Å². The van der Waals surface area contributed by atoms with Crippen LogP contribution in [0.3, 0.4) is 0 Å². The molecule has 3 aromatic rings. The molecule has 0 saturated carbocycles. The summed E-state index contributed by atoms with van der Waals surface area (Å²) in [6.07, 6.45) is 3.07. The summed E-state index contributed by atoms with van der Waals surface area (Å²) in [5, 5.41) is 7.61. The molecule has 130 valence electrons. The van der Waals surface area contributed by atoms with Gasteiger partial charge in [0.1, 0.15) is 17.6 Å². The highest BCUT2D eigenvalue weighted by atomic mass is 19.1. The predicted molar refractivity (Wildman–Crippen MR) is 88.0 cm³/mol. The van der Waals surface area contributed by atoms with Gasteiger partial charge in [0.15, 0.2) is 5.75 Å². The van der Waals surface area contributed by atoms with Gasteiger partial charge in [-0.15, -0.1) is 0 Å². The van der Waals surface area contributed by atoms with Gasteiger partial charge in [-0.2, -0.15) is 5.10 Å². The first kappa shape index (κ1) is 15.6. The number of benzene rings is 1. The second-order valence-corrected chi connectivity index (χ2v) is 6.04. The van der Waals surface area contributed by atoms with Crippen molar-refractivity contribution in [2.45, 2.75) is 12.1 Å². The summed E-state index contributed by atoms with van der Waals surface area (Å²) in [7, 11) is 1.80. The summed E-state index contributed by atoms with van der Waals surface area (Å²) in [5.74, 6) is -0.00202. The Hall–Kier alpha value is -2.87. The molecule has 1 amide bonds. The maximum atomic E-state index is 13.3. The minimum Gasteiger partial charge on any atom is -0.482 e. The highest BCUT2D eigenvalue weighted by Gasteiger charge is 2.32. The zero-order chi connectivity index (χ0) is 17.4. The van der Waals surface area contributed by atoms with Crippen LogP contribution >= 0.6 is 0 Å². The fourth-order valence-corrected chi connectivity index (χ4v) is 2.89. The Kier molecular flexibility index (Phi) is 3.89. The normalized spacial score (nSPS) is 20.1. The maximum Gasteiger partial charge on any atom is 0.268 e. The molecular weight excluding hydrogens is 327 g/mol. The molecule has 0 unspecified atom stereocenters. The molecule has 2 aromatic heterocycles. The summed E-state index contributed by atoms with van der Waals surface area (Å²) in [6, 6.07) is 5.68. The number of rotatable bonds is 4. The van der Waals surface area contributed by atoms with Crippen molar-refractivity contribution in [3.05, 3.63) is 48.2 Å². The lowest BCUT2D eigenvalue weighted by atomic mass is 10.2. The third-order valence-electron chi connectivity index (χ3n) is 4.14. The van der Waals surface area contributed by atoms with E-state index in [1.165, 1.54) is 12.1 Å². The molecule has 0 radical (unpaired) electrons. The Balaban J connectivity index is 1.46. The van der Waals surface area contributed by atoms with Crippen molar-refractivity contribution in [2.75, 3.05) is 13.2 Å². The number of aromatic nitrogens is 3. The third-order valence-corrected chi connectivity index (χ3v) is 4.14. The number of hydrogen-bond donors (Lipinski definition) is 2. The van der Waals surface area contributed by atoms with Crippen LogP contribution in [-0.2, 0) is 11.8 Å². The number of carbonyl (C=O) groups excluding carboxylic acids is 1. The molecule has 25 heavy (non-hydrogen) atoms. The van der Waals surface area contributed by atoms with Crippen LogP contribution in [-0.4, -0.2) is 46.0 Å². The van der Waals surface area contributed by atoms with Crippen LogP contribution < -0.4 is 10.1 Å². The second-order valence-electron chi connectivity index (χ2n) is 6.04. The highest BCUT2D eigenvalue weighted by molar-refractivity contribution is 5.98. The van der Waals surface area contributed by atoms with E-state index in [4.69, 9.17) is 9.47 Å². The van der Waals surface area contributed by atoms with Crippen molar-refractivity contribution in [3.63, 3.8) is 0 Å². The molecule has 7 nitrogen and oxygen atoms in total. The average Bonchev–Trinajstić information content (AvgIpc) is 3.28. The van der Waals surface area contributed by atoms with Crippen LogP contribution in [0, 0.1) is 5.82 Å². The molecule has 0 spiro atoms. The van der Waals surface area contributed by atoms with Gasteiger partial charge < -0.3 is 19.8 Å². The smallest absolute Gasteiger partial charge is 0.268 e. The number of halogens is 1. The first-order chi connectivity index (χ1) is 12.1. The number of nitrogens with zero attached hydrogens (tertiary/aromatic N) is 2. The molecular formula is C17H17FN4O3. The van der Waals surface area contributed by atoms with Gasteiger partial charge in [0.2, 0.25) is 0 Å². The van der Waals surface area contributed by atoms with Gasteiger partial charge in [-0.3, -0.25) is 9.48 Å². The summed E-state index contributed by atoms with van der Waals surface area (Å²) in [4.78, 5) is 15.5. The van der Waals surface area contributed by atoms with Gasteiger partial charge in [0.05, 0.1) is 31.6 Å². The van der Waals surface area contributed by atoms with Crippen LogP contribution in [0.2, 0.25) is 0 Å². The lowest BCUT2D eigenvalue weighted by Crippen LogP contribution is -2.45. The van der Waals surface area contributed by atoms with Crippen LogP contribution in [0.1, 0.15) is 10.5 Å². The van der Waals surface area contributed by atoms with E-state index in [9.17, 15) is 9.18 Å². The Bertz CT molecular complexity index is 920. The third kappa shape index (κ3) is 3.20. The summed E-state index contributed by atoms with van der Waals surface area (Å²) < 4.78 is 26.2. The SMILES string of the molecule is Cn1cc(O[C@@H]2COC[C@@H]2NC(=O)c2cc3cc(F)ccc3[nH]2)cn1. The largest absolute Gasteiger partial charge is 0.482 e. The van der Waals surface area contributed by atoms with Crippen LogP contribution in [0.15, 0.2) is 36.7 Å². The number of fused-ring (bicyclic) bond motifs is 1. The molecule has 1 saturated heterocycles. The molecule has 2 N–H and O–H groups in total. The molecule has 1 aliphatic heterocycles. The molecule has 8 heteroatoms. The zero-order valence-corrected chi connectivity index (χ0v) is 13.5. The van der Waals surface area contributed by atoms with E-state index < -0.39 is 0 Å². The Morgan fingerprint density at radius 2 is 2.32 bits per heavy atom. The first-order valence-corrected chi connectivity index (χ1v) is 7.91. The van der Waals surface area contributed by atoms with E-state index in [1.54, 1.807) is 36.3 Å². The van der Waals surface area contributed by atoms with Gasteiger partial charge >= 0.3 is 0 Å². The number of carbonyl (C=O) groups is 1. The topological polar surface area (TPSA) is 81.2 Å². The van der Waals surface area contributed by atoms with E-state index in [2.05, 4.69) is 15.4 Å².